The van der Waals surface area contributed by atoms with Crippen molar-refractivity contribution in [2.45, 2.75) is 45.3 Å². The number of hydrogen-bond donors (Lipinski definition) is 1. The van der Waals surface area contributed by atoms with Crippen LogP contribution < -0.4 is 5.32 Å². The highest BCUT2D eigenvalue weighted by atomic mass is 16.5. The monoisotopic (exact) mass is 370 g/mol. The Bertz CT molecular complexity index is 833. The summed E-state index contributed by atoms with van der Waals surface area (Å²) < 4.78 is 7.51. The Morgan fingerprint density at radius 2 is 2.07 bits per heavy atom. The minimum Gasteiger partial charge on any atom is -0.368 e. The van der Waals surface area contributed by atoms with Crippen molar-refractivity contribution in [3.63, 3.8) is 0 Å². The smallest absolute Gasteiger partial charge is 0.251 e. The number of carbonyl (C=O) groups is 2. The molecular formula is C20H26N4O3. The van der Waals surface area contributed by atoms with E-state index in [1.54, 1.807) is 0 Å². The van der Waals surface area contributed by atoms with Crippen LogP contribution in [0.4, 0.5) is 0 Å². The first-order chi connectivity index (χ1) is 13.1. The molecule has 0 aliphatic carbocycles. The lowest BCUT2D eigenvalue weighted by molar-refractivity contribution is -0.143. The van der Waals surface area contributed by atoms with Crippen molar-refractivity contribution in [3.05, 3.63) is 35.8 Å². The molecule has 144 valence electrons. The molecule has 0 aromatic carbocycles. The summed E-state index contributed by atoms with van der Waals surface area (Å²) in [5, 5.41) is 3.01. The number of nitrogens with zero attached hydrogens (tertiary/aromatic N) is 3. The summed E-state index contributed by atoms with van der Waals surface area (Å²) >= 11 is 0. The topological polar surface area (TPSA) is 75.9 Å². The molecule has 1 N–H and O–H groups in total. The summed E-state index contributed by atoms with van der Waals surface area (Å²) in [4.78, 5) is 31.3. The van der Waals surface area contributed by atoms with Gasteiger partial charge >= 0.3 is 0 Å². The third kappa shape index (κ3) is 3.83. The lowest BCUT2D eigenvalue weighted by Gasteiger charge is -2.32. The summed E-state index contributed by atoms with van der Waals surface area (Å²) in [5.74, 6) is 0.0942. The standard InChI is InChI=1S/C20H26N4O3/c1-14-4-2-6-18-22-16(13-24(14)18)12-21-19(25)15-7-9-23(10-8-15)20(26)17-5-3-11-27-17/h2,4,6,13,15,17H,3,5,7-12H2,1H3,(H,21,25). The maximum atomic E-state index is 12.5. The van der Waals surface area contributed by atoms with Gasteiger partial charge in [-0.1, -0.05) is 6.07 Å². The van der Waals surface area contributed by atoms with E-state index in [0.717, 1.165) is 29.9 Å². The second kappa shape index (κ2) is 7.68. The Balaban J connectivity index is 1.27. The summed E-state index contributed by atoms with van der Waals surface area (Å²) in [6.45, 7) is 4.39. The number of carbonyl (C=O) groups excluding carboxylic acids is 2. The van der Waals surface area contributed by atoms with Crippen LogP contribution >= 0.6 is 0 Å². The third-order valence-electron chi connectivity index (χ3n) is 5.57. The Labute approximate surface area is 158 Å². The number of aryl methyl sites for hydroxylation is 1. The molecule has 2 aliphatic rings. The predicted octanol–water partition coefficient (Wildman–Crippen LogP) is 1.68. The molecule has 1 atom stereocenters. The molecule has 2 aromatic rings. The summed E-state index contributed by atoms with van der Waals surface area (Å²) in [5.41, 5.74) is 2.85. The molecule has 0 saturated carbocycles. The van der Waals surface area contributed by atoms with Gasteiger partial charge in [-0.2, -0.15) is 0 Å². The SMILES string of the molecule is Cc1cccc2nc(CNC(=O)C3CCN(C(=O)C4CCCO4)CC3)cn12. The van der Waals surface area contributed by atoms with Gasteiger partial charge in [0.05, 0.1) is 12.2 Å². The second-order valence-corrected chi connectivity index (χ2v) is 7.45. The zero-order chi connectivity index (χ0) is 18.8. The van der Waals surface area contributed by atoms with Gasteiger partial charge in [0, 0.05) is 37.5 Å². The van der Waals surface area contributed by atoms with Crippen LogP contribution in [-0.4, -0.2) is 51.9 Å². The number of pyridine rings is 1. The number of ether oxygens (including phenoxy) is 1. The van der Waals surface area contributed by atoms with Gasteiger partial charge in [0.25, 0.3) is 5.91 Å². The van der Waals surface area contributed by atoms with Crippen molar-refractivity contribution in [2.24, 2.45) is 5.92 Å². The van der Waals surface area contributed by atoms with E-state index in [1.807, 2.05) is 40.6 Å². The molecule has 2 fully saturated rings. The fraction of sp³-hybridized carbons (Fsp3) is 0.550. The molecule has 7 heteroatoms. The average molecular weight is 370 g/mol. The van der Waals surface area contributed by atoms with E-state index in [2.05, 4.69) is 10.3 Å². The van der Waals surface area contributed by atoms with Crippen LogP contribution in [0.1, 0.15) is 37.1 Å². The zero-order valence-corrected chi connectivity index (χ0v) is 15.7. The number of amides is 2. The zero-order valence-electron chi connectivity index (χ0n) is 15.7. The van der Waals surface area contributed by atoms with Crippen molar-refractivity contribution < 1.29 is 14.3 Å². The van der Waals surface area contributed by atoms with E-state index in [9.17, 15) is 9.59 Å². The molecule has 0 radical (unpaired) electrons. The molecule has 0 bridgehead atoms. The van der Waals surface area contributed by atoms with Gasteiger partial charge in [0.2, 0.25) is 5.91 Å². The molecule has 1 unspecified atom stereocenters. The number of nitrogens with one attached hydrogen (secondary N) is 1. The second-order valence-electron chi connectivity index (χ2n) is 7.45. The van der Waals surface area contributed by atoms with Gasteiger partial charge in [-0.15, -0.1) is 0 Å². The molecule has 0 spiro atoms. The van der Waals surface area contributed by atoms with Crippen molar-refractivity contribution in [3.8, 4) is 0 Å². The molecule has 2 saturated heterocycles. The Hall–Kier alpha value is -2.41. The van der Waals surface area contributed by atoms with E-state index < -0.39 is 0 Å². The molecule has 4 rings (SSSR count). The number of piperidine rings is 1. The highest BCUT2D eigenvalue weighted by molar-refractivity contribution is 5.82. The van der Waals surface area contributed by atoms with Gasteiger partial charge in [0.15, 0.2) is 0 Å². The number of likely N-dealkylation sites (tertiary alicyclic amines) is 1. The van der Waals surface area contributed by atoms with Crippen LogP contribution in [0.25, 0.3) is 5.65 Å². The first kappa shape index (κ1) is 18.0. The lowest BCUT2D eigenvalue weighted by Crippen LogP contribution is -2.46. The summed E-state index contributed by atoms with van der Waals surface area (Å²) in [7, 11) is 0. The van der Waals surface area contributed by atoms with Gasteiger partial charge in [-0.25, -0.2) is 4.98 Å². The van der Waals surface area contributed by atoms with Gasteiger partial charge in [-0.05, 0) is 44.7 Å². The number of hydrogen-bond acceptors (Lipinski definition) is 4. The molecule has 4 heterocycles. The average Bonchev–Trinajstić information content (AvgIpc) is 3.36. The summed E-state index contributed by atoms with van der Waals surface area (Å²) in [6, 6.07) is 5.97. The number of imidazole rings is 1. The third-order valence-corrected chi connectivity index (χ3v) is 5.57. The Morgan fingerprint density at radius 3 is 2.78 bits per heavy atom. The van der Waals surface area contributed by atoms with Crippen molar-refractivity contribution in [2.75, 3.05) is 19.7 Å². The number of aromatic nitrogens is 2. The lowest BCUT2D eigenvalue weighted by atomic mass is 9.95. The highest BCUT2D eigenvalue weighted by Crippen LogP contribution is 2.21. The number of rotatable bonds is 4. The Kier molecular flexibility index (Phi) is 5.11. The molecule has 7 nitrogen and oxygen atoms in total. The quantitative estimate of drug-likeness (QED) is 0.888. The first-order valence-electron chi connectivity index (χ1n) is 9.73. The van der Waals surface area contributed by atoms with E-state index in [4.69, 9.17) is 4.74 Å². The fourth-order valence-electron chi connectivity index (χ4n) is 3.94. The van der Waals surface area contributed by atoms with Crippen LogP contribution in [0.2, 0.25) is 0 Å². The highest BCUT2D eigenvalue weighted by Gasteiger charge is 2.32. The minimum atomic E-state index is -0.270. The predicted molar refractivity (Wildman–Crippen MR) is 100 cm³/mol. The molecule has 2 amide bonds. The first-order valence-corrected chi connectivity index (χ1v) is 9.73. The van der Waals surface area contributed by atoms with E-state index >= 15 is 0 Å². The largest absolute Gasteiger partial charge is 0.368 e. The normalized spacial score (nSPS) is 20.9. The maximum Gasteiger partial charge on any atom is 0.251 e. The van der Waals surface area contributed by atoms with Crippen LogP contribution in [0.15, 0.2) is 24.4 Å². The van der Waals surface area contributed by atoms with Crippen molar-refractivity contribution >= 4 is 17.5 Å². The van der Waals surface area contributed by atoms with Crippen molar-refractivity contribution in [1.29, 1.82) is 0 Å². The van der Waals surface area contributed by atoms with Crippen LogP contribution in [0, 0.1) is 12.8 Å². The van der Waals surface area contributed by atoms with Gasteiger partial charge < -0.3 is 19.4 Å². The van der Waals surface area contributed by atoms with Crippen LogP contribution in [0.3, 0.4) is 0 Å². The number of fused-ring (bicyclic) bond motifs is 1. The molecule has 2 aliphatic heterocycles. The van der Waals surface area contributed by atoms with Crippen LogP contribution in [-0.2, 0) is 20.9 Å². The van der Waals surface area contributed by atoms with E-state index in [1.165, 1.54) is 0 Å². The maximum absolute atomic E-state index is 12.5. The fourth-order valence-corrected chi connectivity index (χ4v) is 3.94. The minimum absolute atomic E-state index is 0.0442. The van der Waals surface area contributed by atoms with Gasteiger partial charge in [0.1, 0.15) is 11.8 Å². The van der Waals surface area contributed by atoms with Crippen molar-refractivity contribution in [1.82, 2.24) is 19.6 Å². The molecule has 2 aromatic heterocycles. The molecular weight excluding hydrogens is 344 g/mol. The van der Waals surface area contributed by atoms with Gasteiger partial charge in [-0.3, -0.25) is 9.59 Å². The van der Waals surface area contributed by atoms with E-state index in [0.29, 0.717) is 39.1 Å². The van der Waals surface area contributed by atoms with E-state index in [-0.39, 0.29) is 23.8 Å². The van der Waals surface area contributed by atoms with Crippen LogP contribution in [0.5, 0.6) is 0 Å². The summed E-state index contributed by atoms with van der Waals surface area (Å²) in [6.07, 6.45) is 4.88. The molecule has 27 heavy (non-hydrogen) atoms. The Morgan fingerprint density at radius 1 is 1.26 bits per heavy atom.